The van der Waals surface area contributed by atoms with E-state index in [4.69, 9.17) is 0 Å². The lowest BCUT2D eigenvalue weighted by molar-refractivity contribution is -0.275. The van der Waals surface area contributed by atoms with E-state index in [0.29, 0.717) is 30.7 Å². The van der Waals surface area contributed by atoms with Crippen LogP contribution in [0.15, 0.2) is 22.7 Å². The zero-order valence-corrected chi connectivity index (χ0v) is 13.9. The lowest BCUT2D eigenvalue weighted by Gasteiger charge is -2.34. The Bertz CT molecular complexity index is 484. The van der Waals surface area contributed by atoms with Gasteiger partial charge in [0, 0.05) is 36.2 Å². The van der Waals surface area contributed by atoms with Crippen LogP contribution in [0.5, 0.6) is 5.75 Å². The molecule has 1 aromatic carbocycles. The first-order valence-electron chi connectivity index (χ1n) is 6.46. The van der Waals surface area contributed by atoms with Gasteiger partial charge in [0.15, 0.2) is 0 Å². The van der Waals surface area contributed by atoms with Gasteiger partial charge in [-0.2, -0.15) is 0 Å². The molecule has 1 aliphatic rings. The highest BCUT2D eigenvalue weighted by Crippen LogP contribution is 2.35. The van der Waals surface area contributed by atoms with Crippen LogP contribution in [0.3, 0.4) is 0 Å². The summed E-state index contributed by atoms with van der Waals surface area (Å²) in [5.41, 5.74) is 0.200. The molecular formula is C13H16BrClF4N2O. The highest BCUT2D eigenvalue weighted by atomic mass is 79.9. The van der Waals surface area contributed by atoms with Crippen LogP contribution in [0.1, 0.15) is 11.6 Å². The Morgan fingerprint density at radius 3 is 2.45 bits per heavy atom. The fraction of sp³-hybridized carbons (Fsp3) is 0.538. The first-order chi connectivity index (χ1) is 9.90. The molecule has 3 nitrogen and oxygen atoms in total. The van der Waals surface area contributed by atoms with E-state index in [2.05, 4.69) is 26.0 Å². The molecule has 9 heteroatoms. The van der Waals surface area contributed by atoms with Crippen LogP contribution in [-0.4, -0.2) is 44.1 Å². The summed E-state index contributed by atoms with van der Waals surface area (Å²) in [6.07, 6.45) is -4.80. The van der Waals surface area contributed by atoms with Crippen LogP contribution < -0.4 is 10.1 Å². The van der Waals surface area contributed by atoms with Crippen molar-refractivity contribution in [3.63, 3.8) is 0 Å². The fourth-order valence-corrected chi connectivity index (χ4v) is 2.75. The van der Waals surface area contributed by atoms with Crippen molar-refractivity contribution in [2.75, 3.05) is 32.9 Å². The number of nitrogens with one attached hydrogen (secondary N) is 1. The summed E-state index contributed by atoms with van der Waals surface area (Å²) in [6.45, 7) is 1.74. The lowest BCUT2D eigenvalue weighted by Crippen LogP contribution is -2.45. The second-order valence-corrected chi connectivity index (χ2v) is 5.60. The summed E-state index contributed by atoms with van der Waals surface area (Å²) in [7, 11) is 0. The first kappa shape index (κ1) is 19.5. The van der Waals surface area contributed by atoms with Crippen LogP contribution in [0.2, 0.25) is 0 Å². The second kappa shape index (κ2) is 8.33. The summed E-state index contributed by atoms with van der Waals surface area (Å²) in [5.74, 6) is -0.355. The number of nitrogens with zero attached hydrogens (tertiary/aromatic N) is 1. The molecule has 0 bridgehead atoms. The molecule has 0 unspecified atom stereocenters. The van der Waals surface area contributed by atoms with Gasteiger partial charge in [-0.15, -0.1) is 25.6 Å². The van der Waals surface area contributed by atoms with Crippen molar-refractivity contribution in [2.45, 2.75) is 12.4 Å². The Balaban J connectivity index is 0.00000242. The molecule has 2 rings (SSSR count). The number of piperazine rings is 1. The van der Waals surface area contributed by atoms with E-state index in [1.54, 1.807) is 0 Å². The van der Waals surface area contributed by atoms with Crippen molar-refractivity contribution in [1.29, 1.82) is 0 Å². The van der Waals surface area contributed by atoms with Gasteiger partial charge >= 0.3 is 6.36 Å². The Morgan fingerprint density at radius 2 is 1.91 bits per heavy atom. The average Bonchev–Trinajstić information content (AvgIpc) is 2.42. The molecule has 22 heavy (non-hydrogen) atoms. The van der Waals surface area contributed by atoms with Gasteiger partial charge in [-0.05, 0) is 18.2 Å². The molecule has 1 aliphatic heterocycles. The molecule has 1 heterocycles. The Hall–Kier alpha value is -0.570. The number of halogens is 6. The monoisotopic (exact) mass is 406 g/mol. The van der Waals surface area contributed by atoms with Crippen molar-refractivity contribution < 1.29 is 22.3 Å². The standard InChI is InChI=1S/C13H15BrF4N2O.ClH/c14-9-1-2-12(21-13(16,17)18)10(7-9)11(8-15)20-5-3-19-4-6-20;/h1-2,7,11,19H,3-6,8H2;1H/t11-;/m0./s1. The smallest absolute Gasteiger partial charge is 0.405 e. The van der Waals surface area contributed by atoms with Gasteiger partial charge in [0.2, 0.25) is 0 Å². The molecule has 1 fully saturated rings. The van der Waals surface area contributed by atoms with Crippen molar-refractivity contribution in [1.82, 2.24) is 10.2 Å². The molecule has 0 amide bonds. The highest BCUT2D eigenvalue weighted by Gasteiger charge is 2.34. The van der Waals surface area contributed by atoms with Crippen LogP contribution >= 0.6 is 28.3 Å². The Labute approximate surface area is 140 Å². The SMILES string of the molecule is Cl.FC[C@@H](c1cc(Br)ccc1OC(F)(F)F)N1CCNCC1. The van der Waals surface area contributed by atoms with Crippen molar-refractivity contribution in [3.05, 3.63) is 28.2 Å². The van der Waals surface area contributed by atoms with Crippen LogP contribution in [0.25, 0.3) is 0 Å². The van der Waals surface area contributed by atoms with Crippen LogP contribution in [0.4, 0.5) is 17.6 Å². The molecule has 1 saturated heterocycles. The summed E-state index contributed by atoms with van der Waals surface area (Å²) in [4.78, 5) is 1.82. The minimum Gasteiger partial charge on any atom is -0.405 e. The van der Waals surface area contributed by atoms with E-state index in [1.165, 1.54) is 18.2 Å². The predicted octanol–water partition coefficient (Wildman–Crippen LogP) is 3.69. The number of benzene rings is 1. The van der Waals surface area contributed by atoms with E-state index >= 15 is 0 Å². The summed E-state index contributed by atoms with van der Waals surface area (Å²) < 4.78 is 55.5. The second-order valence-electron chi connectivity index (χ2n) is 4.69. The maximum atomic E-state index is 13.5. The van der Waals surface area contributed by atoms with Gasteiger partial charge in [0.1, 0.15) is 12.4 Å². The number of rotatable bonds is 4. The van der Waals surface area contributed by atoms with E-state index in [1.807, 2.05) is 4.90 Å². The molecular weight excluding hydrogens is 392 g/mol. The van der Waals surface area contributed by atoms with Crippen molar-refractivity contribution in [3.8, 4) is 5.75 Å². The molecule has 1 atom stereocenters. The largest absolute Gasteiger partial charge is 0.573 e. The Kier molecular flexibility index (Phi) is 7.37. The van der Waals surface area contributed by atoms with E-state index in [-0.39, 0.29) is 23.7 Å². The van der Waals surface area contributed by atoms with Crippen molar-refractivity contribution in [2.24, 2.45) is 0 Å². The van der Waals surface area contributed by atoms with E-state index < -0.39 is 19.1 Å². The molecule has 1 aromatic rings. The van der Waals surface area contributed by atoms with Gasteiger partial charge in [0.25, 0.3) is 0 Å². The number of hydrogen-bond donors (Lipinski definition) is 1. The number of ether oxygens (including phenoxy) is 1. The quantitative estimate of drug-likeness (QED) is 0.771. The Morgan fingerprint density at radius 1 is 1.27 bits per heavy atom. The zero-order valence-electron chi connectivity index (χ0n) is 11.5. The van der Waals surface area contributed by atoms with E-state index in [9.17, 15) is 17.6 Å². The highest BCUT2D eigenvalue weighted by molar-refractivity contribution is 9.10. The van der Waals surface area contributed by atoms with Gasteiger partial charge in [-0.3, -0.25) is 4.90 Å². The van der Waals surface area contributed by atoms with Gasteiger partial charge < -0.3 is 10.1 Å². The topological polar surface area (TPSA) is 24.5 Å². The minimum absolute atomic E-state index is 0. The molecule has 0 aromatic heterocycles. The maximum Gasteiger partial charge on any atom is 0.573 e. The zero-order chi connectivity index (χ0) is 15.5. The third-order valence-electron chi connectivity index (χ3n) is 3.30. The third-order valence-corrected chi connectivity index (χ3v) is 3.79. The average molecular weight is 408 g/mol. The predicted molar refractivity (Wildman–Crippen MR) is 81.2 cm³/mol. The number of alkyl halides is 4. The molecule has 1 N–H and O–H groups in total. The molecule has 0 radical (unpaired) electrons. The first-order valence-corrected chi connectivity index (χ1v) is 7.26. The van der Waals surface area contributed by atoms with Gasteiger partial charge in [0.05, 0.1) is 6.04 Å². The minimum atomic E-state index is -4.80. The van der Waals surface area contributed by atoms with Crippen molar-refractivity contribution >= 4 is 28.3 Å². The fourth-order valence-electron chi connectivity index (χ4n) is 2.37. The summed E-state index contributed by atoms with van der Waals surface area (Å²) in [6, 6.07) is 3.38. The molecule has 0 saturated carbocycles. The normalized spacial score (nSPS) is 17.7. The molecule has 126 valence electrons. The molecule has 0 aliphatic carbocycles. The third kappa shape index (κ3) is 5.26. The van der Waals surface area contributed by atoms with Crippen LogP contribution in [-0.2, 0) is 0 Å². The van der Waals surface area contributed by atoms with Gasteiger partial charge in [-0.1, -0.05) is 15.9 Å². The summed E-state index contributed by atoms with van der Waals surface area (Å²) in [5, 5.41) is 3.12. The molecule has 0 spiro atoms. The summed E-state index contributed by atoms with van der Waals surface area (Å²) >= 11 is 3.21. The van der Waals surface area contributed by atoms with E-state index in [0.717, 1.165) is 0 Å². The lowest BCUT2D eigenvalue weighted by atomic mass is 10.0. The number of hydrogen-bond acceptors (Lipinski definition) is 3. The van der Waals surface area contributed by atoms with Gasteiger partial charge in [-0.25, -0.2) is 4.39 Å². The maximum absolute atomic E-state index is 13.5. The van der Waals surface area contributed by atoms with Crippen LogP contribution in [0, 0.1) is 0 Å².